The molecule has 1 aliphatic rings. The Morgan fingerprint density at radius 3 is 2.35 bits per heavy atom. The maximum Gasteiger partial charge on any atom is 0.148 e. The Hall–Kier alpha value is -0.130. The highest BCUT2D eigenvalue weighted by Crippen LogP contribution is 2.31. The van der Waals surface area contributed by atoms with Crippen LogP contribution in [0.2, 0.25) is 0 Å². The molecule has 1 N–H and O–H groups in total. The van der Waals surface area contributed by atoms with E-state index in [1.807, 2.05) is 11.9 Å². The fourth-order valence-electron chi connectivity index (χ4n) is 2.99. The number of rotatable bonds is 4. The topological polar surface area (TPSA) is 57.6 Å². The second kappa shape index (κ2) is 5.67. The van der Waals surface area contributed by atoms with Gasteiger partial charge in [-0.25, -0.2) is 8.42 Å². The summed E-state index contributed by atoms with van der Waals surface area (Å²) < 4.78 is 22.3. The van der Waals surface area contributed by atoms with Crippen LogP contribution in [-0.2, 0) is 9.84 Å². The van der Waals surface area contributed by atoms with Crippen molar-refractivity contribution in [3.63, 3.8) is 0 Å². The molecule has 4 atom stereocenters. The third-order valence-electron chi connectivity index (χ3n) is 3.72. The van der Waals surface area contributed by atoms with E-state index in [4.69, 9.17) is 0 Å². The van der Waals surface area contributed by atoms with Crippen molar-refractivity contribution >= 4 is 9.84 Å². The summed E-state index contributed by atoms with van der Waals surface area (Å²) in [4.78, 5) is 2.00. The lowest BCUT2D eigenvalue weighted by atomic mass is 9.77. The van der Waals surface area contributed by atoms with Crippen LogP contribution in [0, 0.1) is 11.8 Å². The molecule has 0 amide bonds. The molecule has 0 aliphatic heterocycles. The van der Waals surface area contributed by atoms with Crippen LogP contribution in [0.4, 0.5) is 0 Å². The van der Waals surface area contributed by atoms with Gasteiger partial charge in [-0.05, 0) is 31.7 Å². The molecule has 5 heteroatoms. The molecule has 1 aliphatic carbocycles. The molecule has 1 rings (SSSR count). The van der Waals surface area contributed by atoms with Crippen LogP contribution in [0.5, 0.6) is 0 Å². The monoisotopic (exact) mass is 263 g/mol. The van der Waals surface area contributed by atoms with Gasteiger partial charge in [-0.1, -0.05) is 13.8 Å². The van der Waals surface area contributed by atoms with Crippen molar-refractivity contribution in [3.05, 3.63) is 0 Å². The van der Waals surface area contributed by atoms with Crippen molar-refractivity contribution in [2.45, 2.75) is 38.8 Å². The number of nitrogens with zero attached hydrogens (tertiary/aromatic N) is 1. The lowest BCUT2D eigenvalue weighted by molar-refractivity contribution is -0.0118. The summed E-state index contributed by atoms with van der Waals surface area (Å²) in [6, 6.07) is 0.0907. The lowest BCUT2D eigenvalue weighted by Crippen LogP contribution is -2.50. The molecule has 0 aromatic rings. The van der Waals surface area contributed by atoms with Crippen LogP contribution in [0.25, 0.3) is 0 Å². The predicted molar refractivity (Wildman–Crippen MR) is 69.7 cm³/mol. The predicted octanol–water partition coefficient (Wildman–Crippen LogP) is 0.758. The zero-order chi connectivity index (χ0) is 13.2. The zero-order valence-corrected chi connectivity index (χ0v) is 12.1. The smallest absolute Gasteiger partial charge is 0.148 e. The van der Waals surface area contributed by atoms with Gasteiger partial charge in [0.1, 0.15) is 9.84 Å². The average Bonchev–Trinajstić information content (AvgIpc) is 2.11. The van der Waals surface area contributed by atoms with Gasteiger partial charge in [-0.3, -0.25) is 4.90 Å². The summed E-state index contributed by atoms with van der Waals surface area (Å²) in [5, 5.41) is 10.1. The third kappa shape index (κ3) is 4.56. The molecule has 1 fully saturated rings. The van der Waals surface area contributed by atoms with Crippen LogP contribution < -0.4 is 0 Å². The van der Waals surface area contributed by atoms with Crippen molar-refractivity contribution < 1.29 is 13.5 Å². The largest absolute Gasteiger partial charge is 0.391 e. The summed E-state index contributed by atoms with van der Waals surface area (Å²) in [5.74, 6) is 1.13. The lowest BCUT2D eigenvalue weighted by Gasteiger charge is -2.42. The molecule has 0 bridgehead atoms. The summed E-state index contributed by atoms with van der Waals surface area (Å²) in [7, 11) is -1.02. The van der Waals surface area contributed by atoms with Gasteiger partial charge < -0.3 is 5.11 Å². The van der Waals surface area contributed by atoms with Crippen molar-refractivity contribution in [2.24, 2.45) is 11.8 Å². The molecule has 4 nitrogen and oxygen atoms in total. The minimum absolute atomic E-state index is 0.0907. The highest BCUT2D eigenvalue weighted by atomic mass is 32.2. The van der Waals surface area contributed by atoms with Crippen LogP contribution in [0.3, 0.4) is 0 Å². The maximum atomic E-state index is 11.1. The maximum absolute atomic E-state index is 11.1. The Kier molecular flexibility index (Phi) is 4.98. The first-order valence-electron chi connectivity index (χ1n) is 6.26. The SMILES string of the molecule is CC1CC(C)C(N(C)CCS(C)(=O)=O)C(O)C1. The summed E-state index contributed by atoms with van der Waals surface area (Å²) in [5.41, 5.74) is 0. The molecule has 0 aromatic carbocycles. The number of likely N-dealkylation sites (N-methyl/N-ethyl adjacent to an activating group) is 1. The van der Waals surface area contributed by atoms with Crippen molar-refractivity contribution in [3.8, 4) is 0 Å². The van der Waals surface area contributed by atoms with E-state index in [-0.39, 0.29) is 17.9 Å². The van der Waals surface area contributed by atoms with Gasteiger partial charge in [-0.15, -0.1) is 0 Å². The number of hydrogen-bond acceptors (Lipinski definition) is 4. The molecule has 0 radical (unpaired) electrons. The van der Waals surface area contributed by atoms with E-state index in [9.17, 15) is 13.5 Å². The van der Waals surface area contributed by atoms with E-state index in [0.29, 0.717) is 18.4 Å². The average molecular weight is 263 g/mol. The molecular formula is C12H25NO3S. The Morgan fingerprint density at radius 1 is 1.29 bits per heavy atom. The Balaban J connectivity index is 2.58. The van der Waals surface area contributed by atoms with E-state index in [1.165, 1.54) is 6.26 Å². The molecular weight excluding hydrogens is 238 g/mol. The number of sulfone groups is 1. The molecule has 4 unspecified atom stereocenters. The number of aliphatic hydroxyl groups excluding tert-OH is 1. The normalized spacial score (nSPS) is 35.2. The van der Waals surface area contributed by atoms with E-state index >= 15 is 0 Å². The molecule has 0 heterocycles. The molecule has 0 aromatic heterocycles. The fraction of sp³-hybridized carbons (Fsp3) is 1.00. The second-order valence-corrected chi connectivity index (χ2v) is 7.98. The van der Waals surface area contributed by atoms with Crippen molar-refractivity contribution in [2.75, 3.05) is 25.6 Å². The molecule has 1 saturated carbocycles. The first kappa shape index (κ1) is 14.9. The van der Waals surface area contributed by atoms with Gasteiger partial charge in [0.2, 0.25) is 0 Å². The van der Waals surface area contributed by atoms with Gasteiger partial charge in [-0.2, -0.15) is 0 Å². The Labute approximate surface area is 105 Å². The third-order valence-corrected chi connectivity index (χ3v) is 4.64. The molecule has 0 saturated heterocycles. The van der Waals surface area contributed by atoms with Crippen LogP contribution in [-0.4, -0.2) is 56.2 Å². The Bertz CT molecular complexity index is 330. The van der Waals surface area contributed by atoms with E-state index in [2.05, 4.69) is 13.8 Å². The van der Waals surface area contributed by atoms with Crippen LogP contribution in [0.1, 0.15) is 26.7 Å². The minimum Gasteiger partial charge on any atom is -0.391 e. The molecule has 102 valence electrons. The number of hydrogen-bond donors (Lipinski definition) is 1. The highest BCUT2D eigenvalue weighted by Gasteiger charge is 2.35. The van der Waals surface area contributed by atoms with E-state index in [0.717, 1.165) is 12.8 Å². The van der Waals surface area contributed by atoms with Gasteiger partial charge in [0.05, 0.1) is 11.9 Å². The molecule has 0 spiro atoms. The van der Waals surface area contributed by atoms with Gasteiger partial charge in [0.15, 0.2) is 0 Å². The fourth-order valence-corrected chi connectivity index (χ4v) is 3.61. The van der Waals surface area contributed by atoms with E-state index < -0.39 is 9.84 Å². The quantitative estimate of drug-likeness (QED) is 0.813. The number of aliphatic hydroxyl groups is 1. The van der Waals surface area contributed by atoms with Crippen LogP contribution >= 0.6 is 0 Å². The van der Waals surface area contributed by atoms with Crippen molar-refractivity contribution in [1.29, 1.82) is 0 Å². The Morgan fingerprint density at radius 2 is 1.88 bits per heavy atom. The first-order chi connectivity index (χ1) is 7.70. The molecule has 17 heavy (non-hydrogen) atoms. The zero-order valence-electron chi connectivity index (χ0n) is 11.3. The standard InChI is InChI=1S/C12H25NO3S/c1-9-7-10(2)12(11(14)8-9)13(3)5-6-17(4,15)16/h9-12,14H,5-8H2,1-4H3. The summed E-state index contributed by atoms with van der Waals surface area (Å²) >= 11 is 0. The van der Waals surface area contributed by atoms with Gasteiger partial charge in [0.25, 0.3) is 0 Å². The highest BCUT2D eigenvalue weighted by molar-refractivity contribution is 7.90. The van der Waals surface area contributed by atoms with Gasteiger partial charge >= 0.3 is 0 Å². The second-order valence-electron chi connectivity index (χ2n) is 5.72. The summed E-state index contributed by atoms with van der Waals surface area (Å²) in [6.45, 7) is 4.80. The van der Waals surface area contributed by atoms with Gasteiger partial charge in [0, 0.05) is 18.8 Å². The minimum atomic E-state index is -2.93. The van der Waals surface area contributed by atoms with Crippen molar-refractivity contribution in [1.82, 2.24) is 4.90 Å². The van der Waals surface area contributed by atoms with Crippen LogP contribution in [0.15, 0.2) is 0 Å². The van der Waals surface area contributed by atoms with E-state index in [1.54, 1.807) is 0 Å². The first-order valence-corrected chi connectivity index (χ1v) is 8.32. The summed E-state index contributed by atoms with van der Waals surface area (Å²) in [6.07, 6.45) is 2.84.